The van der Waals surface area contributed by atoms with Gasteiger partial charge in [-0.3, -0.25) is 4.79 Å². The molecule has 5 aromatic rings. The Bertz CT molecular complexity index is 1330. The van der Waals surface area contributed by atoms with Crippen molar-refractivity contribution in [1.29, 1.82) is 0 Å². The van der Waals surface area contributed by atoms with E-state index >= 15 is 0 Å². The second-order valence-electron chi connectivity index (χ2n) is 6.63. The Labute approximate surface area is 170 Å². The summed E-state index contributed by atoms with van der Waals surface area (Å²) in [5.74, 6) is 0.582. The number of hydrogen-bond acceptors (Lipinski definition) is 5. The van der Waals surface area contributed by atoms with Crippen LogP contribution in [-0.2, 0) is 11.2 Å². The van der Waals surface area contributed by atoms with Crippen molar-refractivity contribution < 1.29 is 13.9 Å². The smallest absolute Gasteiger partial charge is 0.230 e. The third-order valence-electron chi connectivity index (χ3n) is 4.83. The Morgan fingerprint density at radius 1 is 1.24 bits per heavy atom. The highest BCUT2D eigenvalue weighted by atomic mass is 32.1. The first-order valence-electron chi connectivity index (χ1n) is 9.07. The van der Waals surface area contributed by atoms with Crippen LogP contribution in [0.25, 0.3) is 33.1 Å². The summed E-state index contributed by atoms with van der Waals surface area (Å²) in [6.45, 7) is 0. The molecule has 0 fully saturated rings. The van der Waals surface area contributed by atoms with E-state index in [2.05, 4.69) is 21.4 Å². The third kappa shape index (κ3) is 3.25. The number of ether oxygens (including phenoxy) is 1. The number of methoxy groups -OCH3 is 1. The molecule has 3 aromatic heterocycles. The molecule has 0 atom stereocenters. The van der Waals surface area contributed by atoms with Gasteiger partial charge in [-0.1, -0.05) is 18.2 Å². The summed E-state index contributed by atoms with van der Waals surface area (Å²) >= 11 is 1.41. The number of para-hydroxylation sites is 1. The number of carbonyl (C=O) groups is 1. The second kappa shape index (κ2) is 7.10. The summed E-state index contributed by atoms with van der Waals surface area (Å²) < 4.78 is 10.8. The Kier molecular flexibility index (Phi) is 4.29. The molecule has 2 aromatic carbocycles. The normalized spacial score (nSPS) is 11.2. The Balaban J connectivity index is 1.33. The lowest BCUT2D eigenvalue weighted by molar-refractivity contribution is -0.115. The number of thiazole rings is 1. The largest absolute Gasteiger partial charge is 0.497 e. The molecule has 1 amide bonds. The summed E-state index contributed by atoms with van der Waals surface area (Å²) in [7, 11) is 1.61. The van der Waals surface area contributed by atoms with E-state index in [4.69, 9.17) is 9.15 Å². The molecular formula is C22H17N3O3S. The van der Waals surface area contributed by atoms with Gasteiger partial charge in [-0.05, 0) is 18.2 Å². The van der Waals surface area contributed by atoms with Crippen LogP contribution in [0.4, 0.5) is 5.13 Å². The zero-order valence-electron chi connectivity index (χ0n) is 15.6. The van der Waals surface area contributed by atoms with Crippen molar-refractivity contribution in [1.82, 2.24) is 9.97 Å². The van der Waals surface area contributed by atoms with Crippen molar-refractivity contribution in [2.24, 2.45) is 0 Å². The topological polar surface area (TPSA) is 80.1 Å². The number of benzene rings is 2. The van der Waals surface area contributed by atoms with Crippen LogP contribution < -0.4 is 10.1 Å². The summed E-state index contributed by atoms with van der Waals surface area (Å²) in [6, 6.07) is 13.6. The number of nitrogens with one attached hydrogen (secondary N) is 2. The minimum absolute atomic E-state index is 0.136. The number of H-pyrrole nitrogens is 1. The van der Waals surface area contributed by atoms with Gasteiger partial charge >= 0.3 is 0 Å². The first-order chi connectivity index (χ1) is 14.2. The number of amides is 1. The van der Waals surface area contributed by atoms with Gasteiger partial charge in [0, 0.05) is 45.1 Å². The Hall–Kier alpha value is -3.58. The van der Waals surface area contributed by atoms with Gasteiger partial charge in [-0.15, -0.1) is 11.3 Å². The molecule has 0 bridgehead atoms. The standard InChI is InChI=1S/C22H17N3O3S/c1-27-14-6-7-15-13(11-28-20(15)9-14)8-21(26)25-22-24-19(12-29-22)17-10-23-18-5-3-2-4-16(17)18/h2-7,9-12,23H,8H2,1H3,(H,24,25,26). The molecule has 0 unspecified atom stereocenters. The van der Waals surface area contributed by atoms with E-state index in [1.165, 1.54) is 11.3 Å². The van der Waals surface area contributed by atoms with Crippen molar-refractivity contribution in [3.63, 3.8) is 0 Å². The number of anilines is 1. The molecule has 0 saturated heterocycles. The molecule has 7 heteroatoms. The van der Waals surface area contributed by atoms with Crippen LogP contribution in [0.15, 0.2) is 64.7 Å². The minimum Gasteiger partial charge on any atom is -0.497 e. The van der Waals surface area contributed by atoms with Gasteiger partial charge in [-0.25, -0.2) is 4.98 Å². The lowest BCUT2D eigenvalue weighted by atomic mass is 10.1. The van der Waals surface area contributed by atoms with Crippen LogP contribution in [0.2, 0.25) is 0 Å². The zero-order chi connectivity index (χ0) is 19.8. The van der Waals surface area contributed by atoms with Crippen LogP contribution in [0.5, 0.6) is 5.75 Å². The molecule has 6 nitrogen and oxygen atoms in total. The zero-order valence-corrected chi connectivity index (χ0v) is 16.4. The van der Waals surface area contributed by atoms with Gasteiger partial charge in [0.2, 0.25) is 5.91 Å². The molecule has 0 aliphatic carbocycles. The summed E-state index contributed by atoms with van der Waals surface area (Å²) in [6.07, 6.45) is 3.77. The van der Waals surface area contributed by atoms with Gasteiger partial charge in [0.15, 0.2) is 5.13 Å². The molecule has 0 radical (unpaired) electrons. The molecule has 144 valence electrons. The minimum atomic E-state index is -0.136. The van der Waals surface area contributed by atoms with Crippen molar-refractivity contribution in [2.75, 3.05) is 12.4 Å². The predicted molar refractivity (Wildman–Crippen MR) is 115 cm³/mol. The van der Waals surface area contributed by atoms with Gasteiger partial charge in [0.05, 0.1) is 25.5 Å². The molecule has 3 heterocycles. The molecule has 0 spiro atoms. The maximum absolute atomic E-state index is 12.5. The number of nitrogens with zero attached hydrogens (tertiary/aromatic N) is 1. The Morgan fingerprint density at radius 2 is 2.14 bits per heavy atom. The van der Waals surface area contributed by atoms with Crippen LogP contribution in [0, 0.1) is 0 Å². The second-order valence-corrected chi connectivity index (χ2v) is 7.49. The number of rotatable bonds is 5. The molecule has 5 rings (SSSR count). The predicted octanol–water partition coefficient (Wildman–Crippen LogP) is 5.23. The summed E-state index contributed by atoms with van der Waals surface area (Å²) in [5, 5.41) is 7.42. The average Bonchev–Trinajstić information content (AvgIpc) is 3.46. The fourth-order valence-electron chi connectivity index (χ4n) is 3.40. The number of furan rings is 1. The number of aromatic amines is 1. The maximum Gasteiger partial charge on any atom is 0.230 e. The summed E-state index contributed by atoms with van der Waals surface area (Å²) in [4.78, 5) is 20.4. The van der Waals surface area contributed by atoms with E-state index in [0.29, 0.717) is 10.7 Å². The molecule has 0 saturated carbocycles. The van der Waals surface area contributed by atoms with Crippen LogP contribution >= 0.6 is 11.3 Å². The fraction of sp³-hybridized carbons (Fsp3) is 0.0909. The molecule has 2 N–H and O–H groups in total. The van der Waals surface area contributed by atoms with Crippen LogP contribution in [-0.4, -0.2) is 23.0 Å². The van der Waals surface area contributed by atoms with Gasteiger partial charge in [-0.2, -0.15) is 0 Å². The molecule has 0 aliphatic rings. The lowest BCUT2D eigenvalue weighted by Gasteiger charge is -2.01. The first-order valence-corrected chi connectivity index (χ1v) is 9.95. The van der Waals surface area contributed by atoms with Gasteiger partial charge in [0.25, 0.3) is 0 Å². The summed E-state index contributed by atoms with van der Waals surface area (Å²) in [5.41, 5.74) is 4.44. The number of aromatic nitrogens is 2. The van der Waals surface area contributed by atoms with Gasteiger partial charge < -0.3 is 19.5 Å². The van der Waals surface area contributed by atoms with Crippen molar-refractivity contribution in [2.45, 2.75) is 6.42 Å². The highest BCUT2D eigenvalue weighted by molar-refractivity contribution is 7.14. The molecule has 0 aliphatic heterocycles. The van der Waals surface area contributed by atoms with Gasteiger partial charge in [0.1, 0.15) is 11.3 Å². The van der Waals surface area contributed by atoms with Crippen LogP contribution in [0.1, 0.15) is 5.56 Å². The van der Waals surface area contributed by atoms with E-state index in [0.717, 1.165) is 38.9 Å². The molecular weight excluding hydrogens is 386 g/mol. The lowest BCUT2D eigenvalue weighted by Crippen LogP contribution is -2.13. The Morgan fingerprint density at radius 3 is 3.03 bits per heavy atom. The van der Waals surface area contributed by atoms with Crippen molar-refractivity contribution in [3.05, 3.63) is 65.9 Å². The van der Waals surface area contributed by atoms with E-state index in [-0.39, 0.29) is 12.3 Å². The third-order valence-corrected chi connectivity index (χ3v) is 5.59. The van der Waals surface area contributed by atoms with Crippen LogP contribution in [0.3, 0.4) is 0 Å². The number of hydrogen-bond donors (Lipinski definition) is 2. The van der Waals surface area contributed by atoms with E-state index in [1.807, 2.05) is 48.0 Å². The number of fused-ring (bicyclic) bond motifs is 2. The van der Waals surface area contributed by atoms with E-state index < -0.39 is 0 Å². The van der Waals surface area contributed by atoms with Crippen molar-refractivity contribution >= 4 is 44.2 Å². The quantitative estimate of drug-likeness (QED) is 0.421. The van der Waals surface area contributed by atoms with E-state index in [1.54, 1.807) is 13.4 Å². The SMILES string of the molecule is COc1ccc2c(CC(=O)Nc3nc(-c4c[nH]c5ccccc45)cs3)coc2c1. The van der Waals surface area contributed by atoms with Crippen molar-refractivity contribution in [3.8, 4) is 17.0 Å². The highest BCUT2D eigenvalue weighted by Crippen LogP contribution is 2.31. The van der Waals surface area contributed by atoms with E-state index in [9.17, 15) is 4.79 Å². The first kappa shape index (κ1) is 17.5. The number of carbonyl (C=O) groups excluding carboxylic acids is 1. The fourth-order valence-corrected chi connectivity index (χ4v) is 4.13. The highest BCUT2D eigenvalue weighted by Gasteiger charge is 2.14. The maximum atomic E-state index is 12.5. The monoisotopic (exact) mass is 403 g/mol. The molecule has 29 heavy (non-hydrogen) atoms. The average molecular weight is 403 g/mol.